The summed E-state index contributed by atoms with van der Waals surface area (Å²) < 4.78 is 0. The number of carbonyl (C=O) groups is 1. The molecule has 3 rings (SSSR count). The molecule has 0 radical (unpaired) electrons. The zero-order valence-corrected chi connectivity index (χ0v) is 10.7. The molecule has 0 saturated carbocycles. The largest absolute Gasteiger partial charge is 0.508 e. The molecule has 5 nitrogen and oxygen atoms in total. The molecule has 2 aromatic rings. The maximum absolute atomic E-state index is 11.2. The topological polar surface area (TPSA) is 65.8 Å². The number of hydrazone groups is 1. The Kier molecular flexibility index (Phi) is 3.16. The zero-order chi connectivity index (χ0) is 13.9. The van der Waals surface area contributed by atoms with E-state index in [9.17, 15) is 9.90 Å². The molecule has 0 spiro atoms. The number of hydrogen-bond donors (Lipinski definition) is 1. The molecule has 0 fully saturated rings. The monoisotopic (exact) mass is 267 g/mol. The molecule has 1 atom stereocenters. The summed E-state index contributed by atoms with van der Waals surface area (Å²) in [5.74, 6) is 0.183. The number of carbonyl (C=O) groups excluding carboxylic acids is 1. The first-order chi connectivity index (χ1) is 9.78. The zero-order valence-electron chi connectivity index (χ0n) is 10.7. The maximum atomic E-state index is 11.2. The summed E-state index contributed by atoms with van der Waals surface area (Å²) in [5, 5.41) is 15.3. The van der Waals surface area contributed by atoms with E-state index >= 15 is 0 Å². The summed E-state index contributed by atoms with van der Waals surface area (Å²) in [6, 6.07) is 10.5. The van der Waals surface area contributed by atoms with Gasteiger partial charge in [-0.3, -0.25) is 9.78 Å². The minimum absolute atomic E-state index is 0.183. The molecule has 5 heteroatoms. The lowest BCUT2D eigenvalue weighted by atomic mass is 9.99. The van der Waals surface area contributed by atoms with Crippen molar-refractivity contribution in [1.82, 2.24) is 9.99 Å². The second-order valence-corrected chi connectivity index (χ2v) is 4.59. The summed E-state index contributed by atoms with van der Waals surface area (Å²) >= 11 is 0. The van der Waals surface area contributed by atoms with Gasteiger partial charge in [0, 0.05) is 24.4 Å². The Balaban J connectivity index is 1.91. The Morgan fingerprint density at radius 3 is 2.90 bits per heavy atom. The summed E-state index contributed by atoms with van der Waals surface area (Å²) in [7, 11) is 0. The molecular weight excluding hydrogens is 254 g/mol. The Hall–Kier alpha value is -2.69. The van der Waals surface area contributed by atoms with E-state index in [-0.39, 0.29) is 11.8 Å². The van der Waals surface area contributed by atoms with E-state index in [2.05, 4.69) is 10.1 Å². The van der Waals surface area contributed by atoms with Crippen LogP contribution in [0, 0.1) is 0 Å². The van der Waals surface area contributed by atoms with Crippen molar-refractivity contribution in [2.75, 3.05) is 0 Å². The number of aromatic nitrogens is 1. The van der Waals surface area contributed by atoms with Gasteiger partial charge in [0.05, 0.1) is 11.8 Å². The van der Waals surface area contributed by atoms with E-state index in [1.807, 2.05) is 18.2 Å². The van der Waals surface area contributed by atoms with Crippen LogP contribution in [0.5, 0.6) is 5.75 Å². The van der Waals surface area contributed by atoms with Crippen LogP contribution in [-0.4, -0.2) is 27.2 Å². The van der Waals surface area contributed by atoms with Gasteiger partial charge >= 0.3 is 0 Å². The van der Waals surface area contributed by atoms with Crippen LogP contribution in [0.1, 0.15) is 23.6 Å². The van der Waals surface area contributed by atoms with Gasteiger partial charge in [0.1, 0.15) is 5.75 Å². The average Bonchev–Trinajstić information content (AvgIpc) is 2.92. The lowest BCUT2D eigenvalue weighted by molar-refractivity contribution is -0.119. The minimum Gasteiger partial charge on any atom is -0.508 e. The molecule has 1 N–H and O–H groups in total. The molecule has 1 amide bonds. The van der Waals surface area contributed by atoms with Crippen molar-refractivity contribution < 1.29 is 9.90 Å². The molecule has 1 unspecified atom stereocenters. The van der Waals surface area contributed by atoms with Crippen LogP contribution in [0.4, 0.5) is 0 Å². The number of rotatable bonds is 3. The Morgan fingerprint density at radius 1 is 1.30 bits per heavy atom. The Bertz CT molecular complexity index is 655. The first-order valence-corrected chi connectivity index (χ1v) is 6.28. The third-order valence-electron chi connectivity index (χ3n) is 3.30. The fraction of sp³-hybridized carbons (Fsp3) is 0.133. The smallest absolute Gasteiger partial charge is 0.230 e. The van der Waals surface area contributed by atoms with Crippen LogP contribution in [0.3, 0.4) is 0 Å². The number of aromatic hydroxyl groups is 1. The van der Waals surface area contributed by atoms with E-state index in [0.717, 1.165) is 16.8 Å². The van der Waals surface area contributed by atoms with E-state index in [1.54, 1.807) is 30.6 Å². The van der Waals surface area contributed by atoms with Gasteiger partial charge in [0.15, 0.2) is 0 Å². The highest BCUT2D eigenvalue weighted by Gasteiger charge is 2.28. The fourth-order valence-electron chi connectivity index (χ4n) is 2.34. The van der Waals surface area contributed by atoms with Gasteiger partial charge in [-0.15, -0.1) is 0 Å². The lowest BCUT2D eigenvalue weighted by Gasteiger charge is -2.17. The molecule has 2 heterocycles. The number of amides is 1. The molecule has 100 valence electrons. The lowest BCUT2D eigenvalue weighted by Crippen LogP contribution is -2.17. The van der Waals surface area contributed by atoms with Crippen LogP contribution in [0.15, 0.2) is 53.9 Å². The van der Waals surface area contributed by atoms with Crippen LogP contribution in [0.25, 0.3) is 0 Å². The second kappa shape index (κ2) is 5.13. The summed E-state index contributed by atoms with van der Waals surface area (Å²) in [6.07, 6.45) is 4.74. The molecule has 0 saturated heterocycles. The van der Waals surface area contributed by atoms with Crippen molar-refractivity contribution in [1.29, 1.82) is 0 Å². The number of pyridine rings is 1. The predicted octanol–water partition coefficient (Wildman–Crippen LogP) is 2.09. The molecule has 1 aliphatic rings. The van der Waals surface area contributed by atoms with Gasteiger partial charge in [0.25, 0.3) is 0 Å². The first kappa shape index (κ1) is 12.3. The molecule has 0 bridgehead atoms. The maximum Gasteiger partial charge on any atom is 0.230 e. The highest BCUT2D eigenvalue weighted by atomic mass is 16.3. The van der Waals surface area contributed by atoms with E-state index < -0.39 is 0 Å². The molecule has 0 aliphatic carbocycles. The molecule has 1 aromatic carbocycles. The van der Waals surface area contributed by atoms with Gasteiger partial charge in [-0.05, 0) is 23.8 Å². The predicted molar refractivity (Wildman–Crippen MR) is 74.1 cm³/mol. The van der Waals surface area contributed by atoms with Crippen LogP contribution >= 0.6 is 0 Å². The van der Waals surface area contributed by atoms with Gasteiger partial charge in [0.2, 0.25) is 6.41 Å². The van der Waals surface area contributed by atoms with Gasteiger partial charge in [-0.25, -0.2) is 5.01 Å². The third-order valence-corrected chi connectivity index (χ3v) is 3.30. The number of phenolic OH excluding ortho intramolecular Hbond substituents is 1. The quantitative estimate of drug-likeness (QED) is 0.866. The van der Waals surface area contributed by atoms with Crippen molar-refractivity contribution in [3.8, 4) is 5.75 Å². The highest BCUT2D eigenvalue weighted by Crippen LogP contribution is 2.32. The van der Waals surface area contributed by atoms with Gasteiger partial charge in [-0.2, -0.15) is 5.10 Å². The van der Waals surface area contributed by atoms with Crippen LogP contribution < -0.4 is 0 Å². The van der Waals surface area contributed by atoms with Crippen molar-refractivity contribution in [2.45, 2.75) is 12.5 Å². The normalized spacial score (nSPS) is 17.9. The number of nitrogens with zero attached hydrogens (tertiary/aromatic N) is 3. The van der Waals surface area contributed by atoms with Gasteiger partial charge in [-0.1, -0.05) is 18.2 Å². The summed E-state index contributed by atoms with van der Waals surface area (Å²) in [4.78, 5) is 15.3. The van der Waals surface area contributed by atoms with Crippen LogP contribution in [0.2, 0.25) is 0 Å². The number of hydrogen-bond acceptors (Lipinski definition) is 4. The average molecular weight is 267 g/mol. The van der Waals surface area contributed by atoms with Crippen molar-refractivity contribution in [3.63, 3.8) is 0 Å². The number of benzene rings is 1. The van der Waals surface area contributed by atoms with Crippen molar-refractivity contribution in [3.05, 3.63) is 59.9 Å². The molecule has 1 aliphatic heterocycles. The van der Waals surface area contributed by atoms with E-state index in [1.165, 1.54) is 5.01 Å². The summed E-state index contributed by atoms with van der Waals surface area (Å²) in [6.45, 7) is 0. The minimum atomic E-state index is -0.185. The fourth-order valence-corrected chi connectivity index (χ4v) is 2.34. The Morgan fingerprint density at radius 2 is 2.20 bits per heavy atom. The third kappa shape index (κ3) is 2.25. The van der Waals surface area contributed by atoms with Gasteiger partial charge < -0.3 is 5.11 Å². The van der Waals surface area contributed by atoms with E-state index in [0.29, 0.717) is 12.8 Å². The van der Waals surface area contributed by atoms with E-state index in [4.69, 9.17) is 0 Å². The first-order valence-electron chi connectivity index (χ1n) is 6.28. The molecule has 20 heavy (non-hydrogen) atoms. The number of phenols is 1. The highest BCUT2D eigenvalue weighted by molar-refractivity contribution is 6.02. The standard InChI is InChI=1S/C15H13N3O2/c19-10-18-15(11-3-1-5-13(20)7-11)8-14(17-18)12-4-2-6-16-9-12/h1-7,9-10,15,20H,8H2. The Labute approximate surface area is 116 Å². The molecular formula is C15H13N3O2. The van der Waals surface area contributed by atoms with Crippen molar-refractivity contribution >= 4 is 12.1 Å². The summed E-state index contributed by atoms with van der Waals surface area (Å²) in [5.41, 5.74) is 2.58. The second-order valence-electron chi connectivity index (χ2n) is 4.59. The van der Waals surface area contributed by atoms with Crippen molar-refractivity contribution in [2.24, 2.45) is 5.10 Å². The van der Waals surface area contributed by atoms with Crippen LogP contribution in [-0.2, 0) is 4.79 Å². The SMILES string of the molecule is O=CN1N=C(c2cccnc2)CC1c1cccc(O)c1. The molecule has 1 aromatic heterocycles.